The van der Waals surface area contributed by atoms with E-state index in [1.807, 2.05) is 55.1 Å². The van der Waals surface area contributed by atoms with Gasteiger partial charge in [0.1, 0.15) is 5.75 Å². The number of nitrogens with zero attached hydrogens (tertiary/aromatic N) is 6. The summed E-state index contributed by atoms with van der Waals surface area (Å²) in [5.41, 5.74) is 5.55. The Balaban J connectivity index is 1.25. The molecule has 6 rings (SSSR count). The molecular weight excluding hydrogens is 546 g/mol. The van der Waals surface area contributed by atoms with Crippen molar-refractivity contribution in [2.75, 3.05) is 48.8 Å². The Morgan fingerprint density at radius 2 is 1.77 bits per heavy atom. The van der Waals surface area contributed by atoms with Crippen molar-refractivity contribution < 1.29 is 14.3 Å². The van der Waals surface area contributed by atoms with Gasteiger partial charge in [-0.15, -0.1) is 0 Å². The average Bonchev–Trinajstić information content (AvgIpc) is 3.69. The number of hydrogen-bond acceptors (Lipinski definition) is 8. The minimum atomic E-state index is -0.209. The number of ether oxygens (including phenoxy) is 1. The van der Waals surface area contributed by atoms with Crippen LogP contribution in [0.1, 0.15) is 28.4 Å². The first-order chi connectivity index (χ1) is 20.8. The van der Waals surface area contributed by atoms with Crippen LogP contribution in [-0.2, 0) is 4.79 Å². The molecule has 12 heteroatoms. The summed E-state index contributed by atoms with van der Waals surface area (Å²) in [5.74, 6) is 1.42. The fourth-order valence-electron chi connectivity index (χ4n) is 5.31. The van der Waals surface area contributed by atoms with E-state index >= 15 is 0 Å². The maximum Gasteiger partial charge on any atom is 0.257 e. The Morgan fingerprint density at radius 3 is 2.49 bits per heavy atom. The van der Waals surface area contributed by atoms with Crippen LogP contribution in [0.4, 0.5) is 23.0 Å². The first-order valence-electron chi connectivity index (χ1n) is 14.0. The lowest BCUT2D eigenvalue weighted by Crippen LogP contribution is -2.48. The number of rotatable bonds is 7. The highest BCUT2D eigenvalue weighted by Crippen LogP contribution is 2.33. The third-order valence-corrected chi connectivity index (χ3v) is 7.73. The van der Waals surface area contributed by atoms with Crippen LogP contribution in [0.3, 0.4) is 0 Å². The largest absolute Gasteiger partial charge is 0.494 e. The Kier molecular flexibility index (Phi) is 7.41. The second-order valence-electron chi connectivity index (χ2n) is 10.5. The predicted molar refractivity (Wildman–Crippen MR) is 166 cm³/mol. The highest BCUT2D eigenvalue weighted by Gasteiger charge is 2.21. The summed E-state index contributed by atoms with van der Waals surface area (Å²) in [7, 11) is 1.62. The number of methoxy groups -OCH3 is 1. The normalized spacial score (nSPS) is 13.3. The van der Waals surface area contributed by atoms with Crippen LogP contribution in [0.5, 0.6) is 5.75 Å². The lowest BCUT2D eigenvalue weighted by molar-refractivity contribution is -0.129. The quantitative estimate of drug-likeness (QED) is 0.258. The fraction of sp³-hybridized carbons (Fsp3) is 0.258. The number of hydrogen-bond donors (Lipinski definition) is 3. The van der Waals surface area contributed by atoms with Crippen LogP contribution in [0.25, 0.3) is 16.9 Å². The van der Waals surface area contributed by atoms with Gasteiger partial charge in [-0.3, -0.25) is 14.7 Å². The predicted octanol–water partition coefficient (Wildman–Crippen LogP) is 4.43. The SMILES string of the molecule is COc1cc(N2CCN(C(C)=O)CC2)ccc1Nc1nc(-n2ccc(C(=O)Nc3c(C)cccc3C)c2)c2cn[nH]c2n1. The molecule has 43 heavy (non-hydrogen) atoms. The maximum atomic E-state index is 13.1. The van der Waals surface area contributed by atoms with Crippen LogP contribution in [0.2, 0.25) is 0 Å². The Labute approximate surface area is 248 Å². The van der Waals surface area contributed by atoms with Crippen molar-refractivity contribution in [2.45, 2.75) is 20.8 Å². The molecule has 3 N–H and O–H groups in total. The summed E-state index contributed by atoms with van der Waals surface area (Å²) in [6.07, 6.45) is 5.19. The van der Waals surface area contributed by atoms with Gasteiger partial charge < -0.3 is 29.7 Å². The number of anilines is 4. The molecule has 0 radical (unpaired) electrons. The van der Waals surface area contributed by atoms with Crippen LogP contribution in [0.15, 0.2) is 61.1 Å². The Hall–Kier alpha value is -5.39. The number of para-hydroxylation sites is 1. The molecule has 4 heterocycles. The zero-order valence-corrected chi connectivity index (χ0v) is 24.5. The smallest absolute Gasteiger partial charge is 0.257 e. The van der Waals surface area contributed by atoms with Crippen LogP contribution < -0.4 is 20.3 Å². The monoisotopic (exact) mass is 579 g/mol. The van der Waals surface area contributed by atoms with Gasteiger partial charge in [0.2, 0.25) is 11.9 Å². The fourth-order valence-corrected chi connectivity index (χ4v) is 5.31. The Morgan fingerprint density at radius 1 is 1.00 bits per heavy atom. The van der Waals surface area contributed by atoms with E-state index in [0.717, 1.165) is 35.6 Å². The maximum absolute atomic E-state index is 13.1. The molecule has 1 fully saturated rings. The summed E-state index contributed by atoms with van der Waals surface area (Å²) in [6, 6.07) is 13.6. The molecule has 12 nitrogen and oxygen atoms in total. The molecule has 220 valence electrons. The minimum Gasteiger partial charge on any atom is -0.494 e. The molecule has 1 saturated heterocycles. The molecule has 2 aromatic carbocycles. The number of piperazine rings is 1. The minimum absolute atomic E-state index is 0.0992. The van der Waals surface area contributed by atoms with E-state index in [1.54, 1.807) is 43.3 Å². The highest BCUT2D eigenvalue weighted by atomic mass is 16.5. The van der Waals surface area contributed by atoms with E-state index in [0.29, 0.717) is 52.9 Å². The van der Waals surface area contributed by atoms with Gasteiger partial charge in [-0.05, 0) is 43.2 Å². The summed E-state index contributed by atoms with van der Waals surface area (Å²) < 4.78 is 7.50. The van der Waals surface area contributed by atoms with Crippen molar-refractivity contribution in [2.24, 2.45) is 0 Å². The molecule has 3 aromatic heterocycles. The zero-order valence-electron chi connectivity index (χ0n) is 24.5. The van der Waals surface area contributed by atoms with Gasteiger partial charge in [0.15, 0.2) is 11.5 Å². The van der Waals surface area contributed by atoms with Crippen molar-refractivity contribution in [3.63, 3.8) is 0 Å². The third-order valence-electron chi connectivity index (χ3n) is 7.73. The number of carbonyl (C=O) groups is 2. The number of carbonyl (C=O) groups excluding carboxylic acids is 2. The number of amides is 2. The van der Waals surface area contributed by atoms with Gasteiger partial charge in [-0.1, -0.05) is 18.2 Å². The topological polar surface area (TPSA) is 133 Å². The van der Waals surface area contributed by atoms with Gasteiger partial charge in [0.05, 0.1) is 29.9 Å². The summed E-state index contributed by atoms with van der Waals surface area (Å²) in [4.78, 5) is 38.3. The highest BCUT2D eigenvalue weighted by molar-refractivity contribution is 6.05. The molecule has 0 spiro atoms. The molecule has 0 bridgehead atoms. The van der Waals surface area contributed by atoms with E-state index in [1.165, 1.54) is 0 Å². The molecule has 2 amide bonds. The molecular formula is C31H33N9O3. The molecule has 0 aliphatic carbocycles. The van der Waals surface area contributed by atoms with E-state index < -0.39 is 0 Å². The van der Waals surface area contributed by atoms with Crippen molar-refractivity contribution in [3.05, 3.63) is 77.7 Å². The van der Waals surface area contributed by atoms with Gasteiger partial charge in [-0.2, -0.15) is 15.1 Å². The van der Waals surface area contributed by atoms with Gasteiger partial charge >= 0.3 is 0 Å². The van der Waals surface area contributed by atoms with Crippen LogP contribution in [0, 0.1) is 13.8 Å². The van der Waals surface area contributed by atoms with Crippen molar-refractivity contribution in [1.29, 1.82) is 0 Å². The summed E-state index contributed by atoms with van der Waals surface area (Å²) in [5, 5.41) is 14.1. The lowest BCUT2D eigenvalue weighted by atomic mass is 10.1. The van der Waals surface area contributed by atoms with Crippen molar-refractivity contribution >= 4 is 45.9 Å². The molecule has 5 aromatic rings. The first-order valence-corrected chi connectivity index (χ1v) is 14.0. The van der Waals surface area contributed by atoms with Gasteiger partial charge in [0.25, 0.3) is 5.91 Å². The zero-order chi connectivity index (χ0) is 30.1. The van der Waals surface area contributed by atoms with Gasteiger partial charge in [-0.25, -0.2) is 0 Å². The standard InChI is InChI=1S/C31H33N9O3/c1-19-6-5-7-20(2)27(19)34-30(42)22-10-11-40(18-22)29-24-17-32-37-28(24)35-31(36-29)33-25-9-8-23(16-26(25)43-4)39-14-12-38(13-15-39)21(3)41/h5-11,16-18H,12-15H2,1-4H3,(H,34,42)(H2,32,33,35,36,37). The van der Waals surface area contributed by atoms with Crippen LogP contribution >= 0.6 is 0 Å². The van der Waals surface area contributed by atoms with Crippen LogP contribution in [-0.4, -0.2) is 74.7 Å². The van der Waals surface area contributed by atoms with Gasteiger partial charge in [0, 0.05) is 62.9 Å². The van der Waals surface area contributed by atoms with Crippen molar-refractivity contribution in [3.8, 4) is 11.6 Å². The lowest BCUT2D eigenvalue weighted by Gasteiger charge is -2.35. The first kappa shape index (κ1) is 27.8. The third kappa shape index (κ3) is 5.59. The number of fused-ring (bicyclic) bond motifs is 1. The average molecular weight is 580 g/mol. The summed E-state index contributed by atoms with van der Waals surface area (Å²) >= 11 is 0. The molecule has 0 unspecified atom stereocenters. The number of benzene rings is 2. The van der Waals surface area contributed by atoms with E-state index in [9.17, 15) is 9.59 Å². The summed E-state index contributed by atoms with van der Waals surface area (Å²) in [6.45, 7) is 8.42. The number of aromatic nitrogens is 5. The van der Waals surface area contributed by atoms with E-state index in [2.05, 4.69) is 30.7 Å². The number of H-pyrrole nitrogens is 1. The second kappa shape index (κ2) is 11.5. The van der Waals surface area contributed by atoms with Crippen molar-refractivity contribution in [1.82, 2.24) is 29.6 Å². The number of aryl methyl sites for hydroxylation is 2. The molecule has 0 saturated carbocycles. The number of aromatic amines is 1. The molecule has 1 aliphatic heterocycles. The number of nitrogens with one attached hydrogen (secondary N) is 3. The van der Waals surface area contributed by atoms with E-state index in [-0.39, 0.29) is 11.8 Å². The second-order valence-corrected chi connectivity index (χ2v) is 10.5. The van der Waals surface area contributed by atoms with E-state index in [4.69, 9.17) is 9.72 Å². The molecule has 0 atom stereocenters. The molecule has 1 aliphatic rings. The Bertz CT molecular complexity index is 1800.